The lowest BCUT2D eigenvalue weighted by atomic mass is 9.87. The summed E-state index contributed by atoms with van der Waals surface area (Å²) in [6.07, 6.45) is 38.7. The first-order valence-electron chi connectivity index (χ1n) is 19.0. The summed E-state index contributed by atoms with van der Waals surface area (Å²) in [7, 11) is 0. The van der Waals surface area contributed by atoms with Gasteiger partial charge in [0, 0.05) is 18.9 Å². The molecule has 0 aliphatic carbocycles. The molecule has 3 heteroatoms. The number of carbonyl (C=O) groups excluding carboxylic acids is 1. The van der Waals surface area contributed by atoms with Crippen molar-refractivity contribution < 1.29 is 15.0 Å². The fourth-order valence-electron chi connectivity index (χ4n) is 6.25. The molecule has 0 aliphatic rings. The summed E-state index contributed by atoms with van der Waals surface area (Å²) in [4.78, 5) is 13.1. The summed E-state index contributed by atoms with van der Waals surface area (Å²) < 4.78 is 0. The van der Waals surface area contributed by atoms with Crippen LogP contribution in [0.4, 0.5) is 0 Å². The molecule has 0 aliphatic heterocycles. The molecule has 0 heterocycles. The van der Waals surface area contributed by atoms with Gasteiger partial charge in [-0.2, -0.15) is 0 Å². The van der Waals surface area contributed by atoms with Crippen LogP contribution in [-0.4, -0.2) is 28.7 Å². The number of Topliss-reactive ketones (excluding diaryl/α,β-unsaturated/α-hetero) is 1. The highest BCUT2D eigenvalue weighted by Crippen LogP contribution is 2.23. The summed E-state index contributed by atoms with van der Waals surface area (Å²) >= 11 is 0. The average Bonchev–Trinajstić information content (AvgIpc) is 2.97. The van der Waals surface area contributed by atoms with Crippen molar-refractivity contribution in [3.05, 3.63) is 0 Å². The van der Waals surface area contributed by atoms with Crippen molar-refractivity contribution in [3.63, 3.8) is 0 Å². The summed E-state index contributed by atoms with van der Waals surface area (Å²) in [5, 5.41) is 19.5. The third-order valence-corrected chi connectivity index (χ3v) is 9.18. The molecule has 0 aromatic rings. The molecule has 0 fully saturated rings. The second kappa shape index (κ2) is 34.1. The van der Waals surface area contributed by atoms with Crippen LogP contribution in [0.15, 0.2) is 0 Å². The second-order valence-electron chi connectivity index (χ2n) is 13.3. The molecule has 0 radical (unpaired) electrons. The van der Waals surface area contributed by atoms with E-state index in [0.717, 1.165) is 64.2 Å². The van der Waals surface area contributed by atoms with Crippen LogP contribution >= 0.6 is 0 Å². The van der Waals surface area contributed by atoms with E-state index in [1.54, 1.807) is 0 Å². The fraction of sp³-hybridized carbons (Fsp3) is 0.974. The van der Waals surface area contributed by atoms with E-state index >= 15 is 0 Å². The maximum atomic E-state index is 13.1. The number of carbonyl (C=O) groups is 1. The van der Waals surface area contributed by atoms with Gasteiger partial charge in [-0.25, -0.2) is 0 Å². The number of hydrogen-bond acceptors (Lipinski definition) is 3. The molecule has 0 saturated carbocycles. The van der Waals surface area contributed by atoms with Crippen molar-refractivity contribution in [1.29, 1.82) is 0 Å². The zero-order chi connectivity index (χ0) is 30.1. The average molecular weight is 581 g/mol. The molecule has 3 nitrogen and oxygen atoms in total. The minimum Gasteiger partial charge on any atom is -0.396 e. The molecule has 0 spiro atoms. The molecule has 2 N–H and O–H groups in total. The SMILES string of the molecule is CCCCCCCCCCCCCCCCCC(=O)C(CCCCCCCCO)CCC(O)CCCCCCCC. The van der Waals surface area contributed by atoms with Crippen molar-refractivity contribution in [2.24, 2.45) is 5.92 Å². The van der Waals surface area contributed by atoms with Gasteiger partial charge in [-0.05, 0) is 38.5 Å². The summed E-state index contributed by atoms with van der Waals surface area (Å²) in [6, 6.07) is 0. The first-order valence-corrected chi connectivity index (χ1v) is 19.0. The van der Waals surface area contributed by atoms with Gasteiger partial charge in [0.05, 0.1) is 6.10 Å². The van der Waals surface area contributed by atoms with Gasteiger partial charge >= 0.3 is 0 Å². The lowest BCUT2D eigenvalue weighted by Gasteiger charge is -2.18. The second-order valence-corrected chi connectivity index (χ2v) is 13.3. The molecule has 0 aromatic heterocycles. The Balaban J connectivity index is 4.04. The van der Waals surface area contributed by atoms with Crippen molar-refractivity contribution in [2.45, 2.75) is 225 Å². The monoisotopic (exact) mass is 581 g/mol. The molecule has 0 aromatic carbocycles. The van der Waals surface area contributed by atoms with Crippen molar-refractivity contribution in [1.82, 2.24) is 0 Å². The number of aliphatic hydroxyl groups is 2. The summed E-state index contributed by atoms with van der Waals surface area (Å²) in [5.41, 5.74) is 0. The van der Waals surface area contributed by atoms with E-state index in [-0.39, 0.29) is 12.0 Å². The lowest BCUT2D eigenvalue weighted by Crippen LogP contribution is -2.18. The Morgan fingerprint density at radius 3 is 1.24 bits per heavy atom. The van der Waals surface area contributed by atoms with Crippen LogP contribution in [0, 0.1) is 5.92 Å². The zero-order valence-corrected chi connectivity index (χ0v) is 28.3. The van der Waals surface area contributed by atoms with Gasteiger partial charge < -0.3 is 10.2 Å². The maximum absolute atomic E-state index is 13.1. The Labute approximate surface area is 258 Å². The molecule has 0 rings (SSSR count). The van der Waals surface area contributed by atoms with Gasteiger partial charge in [0.1, 0.15) is 5.78 Å². The molecule has 246 valence electrons. The van der Waals surface area contributed by atoms with Gasteiger partial charge in [-0.15, -0.1) is 0 Å². The van der Waals surface area contributed by atoms with Crippen molar-refractivity contribution in [3.8, 4) is 0 Å². The number of unbranched alkanes of at least 4 members (excludes halogenated alkanes) is 24. The quantitative estimate of drug-likeness (QED) is 0.0733. The molecule has 41 heavy (non-hydrogen) atoms. The van der Waals surface area contributed by atoms with Crippen LogP contribution in [-0.2, 0) is 4.79 Å². The minimum atomic E-state index is -0.235. The van der Waals surface area contributed by atoms with Crippen LogP contribution in [0.1, 0.15) is 219 Å². The van der Waals surface area contributed by atoms with Gasteiger partial charge in [0.2, 0.25) is 0 Å². The van der Waals surface area contributed by atoms with Crippen LogP contribution in [0.5, 0.6) is 0 Å². The normalized spacial score (nSPS) is 13.1. The summed E-state index contributed by atoms with van der Waals surface area (Å²) in [6.45, 7) is 4.84. The van der Waals surface area contributed by atoms with E-state index in [9.17, 15) is 9.90 Å². The molecular formula is C38H76O3. The van der Waals surface area contributed by atoms with Gasteiger partial charge in [0.15, 0.2) is 0 Å². The molecular weight excluding hydrogens is 504 g/mol. The fourth-order valence-corrected chi connectivity index (χ4v) is 6.25. The highest BCUT2D eigenvalue weighted by Gasteiger charge is 2.19. The Bertz CT molecular complexity index is 506. The van der Waals surface area contributed by atoms with Crippen molar-refractivity contribution in [2.75, 3.05) is 6.61 Å². The number of rotatable bonds is 35. The predicted octanol–water partition coefficient (Wildman–Crippen LogP) is 12.0. The smallest absolute Gasteiger partial charge is 0.135 e. The number of ketones is 1. The topological polar surface area (TPSA) is 57.5 Å². The molecule has 2 atom stereocenters. The molecule has 2 unspecified atom stereocenters. The first kappa shape index (κ1) is 40.6. The van der Waals surface area contributed by atoms with Gasteiger partial charge in [0.25, 0.3) is 0 Å². The lowest BCUT2D eigenvalue weighted by molar-refractivity contribution is -0.123. The van der Waals surface area contributed by atoms with E-state index in [4.69, 9.17) is 5.11 Å². The van der Waals surface area contributed by atoms with E-state index in [1.165, 1.54) is 141 Å². The van der Waals surface area contributed by atoms with E-state index in [1.807, 2.05) is 0 Å². The Morgan fingerprint density at radius 2 is 0.805 bits per heavy atom. The van der Waals surface area contributed by atoms with Crippen LogP contribution in [0.3, 0.4) is 0 Å². The highest BCUT2D eigenvalue weighted by atomic mass is 16.3. The van der Waals surface area contributed by atoms with Crippen LogP contribution < -0.4 is 0 Å². The summed E-state index contributed by atoms with van der Waals surface area (Å²) in [5.74, 6) is 0.616. The standard InChI is InChI=1S/C38H76O3/c1-3-5-7-9-11-12-13-14-15-16-17-18-19-24-28-32-38(41)36(30-26-22-20-21-25-29-35-39)33-34-37(40)31-27-23-10-8-6-4-2/h36-37,39-40H,3-35H2,1-2H3. The van der Waals surface area contributed by atoms with Gasteiger partial charge in [-0.3, -0.25) is 4.79 Å². The van der Waals surface area contributed by atoms with E-state index < -0.39 is 0 Å². The number of aliphatic hydroxyl groups excluding tert-OH is 2. The number of hydrogen-bond donors (Lipinski definition) is 2. The van der Waals surface area contributed by atoms with Gasteiger partial charge in [-0.1, -0.05) is 174 Å². The first-order chi connectivity index (χ1) is 20.2. The molecule has 0 bridgehead atoms. The van der Waals surface area contributed by atoms with E-state index in [0.29, 0.717) is 12.4 Å². The van der Waals surface area contributed by atoms with Crippen molar-refractivity contribution >= 4 is 5.78 Å². The highest BCUT2D eigenvalue weighted by molar-refractivity contribution is 5.80. The zero-order valence-electron chi connectivity index (χ0n) is 28.3. The predicted molar refractivity (Wildman–Crippen MR) is 181 cm³/mol. The molecule has 0 saturated heterocycles. The Kier molecular flexibility index (Phi) is 33.7. The Hall–Kier alpha value is -0.410. The Morgan fingerprint density at radius 1 is 0.439 bits per heavy atom. The third kappa shape index (κ3) is 30.8. The minimum absolute atomic E-state index is 0.151. The van der Waals surface area contributed by atoms with E-state index in [2.05, 4.69) is 13.8 Å². The third-order valence-electron chi connectivity index (χ3n) is 9.18. The van der Waals surface area contributed by atoms with Crippen LogP contribution in [0.2, 0.25) is 0 Å². The maximum Gasteiger partial charge on any atom is 0.135 e. The largest absolute Gasteiger partial charge is 0.396 e. The molecule has 0 amide bonds. The van der Waals surface area contributed by atoms with Crippen LogP contribution in [0.25, 0.3) is 0 Å².